The highest BCUT2D eigenvalue weighted by Crippen LogP contribution is 2.31. The van der Waals surface area contributed by atoms with Crippen molar-refractivity contribution < 1.29 is 0 Å². The lowest BCUT2D eigenvalue weighted by Crippen LogP contribution is -2.07. The molecule has 0 saturated carbocycles. The normalized spacial score (nSPS) is 28.1. The predicted molar refractivity (Wildman–Crippen MR) is 61.8 cm³/mol. The molecule has 0 aromatic heterocycles. The molecule has 0 nitrogen and oxygen atoms in total. The Kier molecular flexibility index (Phi) is 7.03. The second-order valence-electron chi connectivity index (χ2n) is 4.03. The third kappa shape index (κ3) is 4.50. The van der Waals surface area contributed by atoms with Gasteiger partial charge < -0.3 is 0 Å². The summed E-state index contributed by atoms with van der Waals surface area (Å²) in [5.74, 6) is 2.62. The van der Waals surface area contributed by atoms with Crippen molar-refractivity contribution in [2.24, 2.45) is 17.8 Å². The maximum absolute atomic E-state index is 2.42. The Morgan fingerprint density at radius 3 is 2.31 bits per heavy atom. The largest absolute Gasteiger partial charge is 0.0854 e. The van der Waals surface area contributed by atoms with Crippen LogP contribution in [0, 0.1) is 17.8 Å². The van der Waals surface area contributed by atoms with Gasteiger partial charge in [0.05, 0.1) is 0 Å². The van der Waals surface area contributed by atoms with Gasteiger partial charge in [-0.15, -0.1) is 0 Å². The SMILES string of the molecule is CC.CCCC(C)C1C=CC(C)C1. The highest BCUT2D eigenvalue weighted by Gasteiger charge is 2.19. The molecule has 0 fully saturated rings. The first kappa shape index (κ1) is 12.7. The first-order valence-electron chi connectivity index (χ1n) is 5.92. The number of hydrogen-bond donors (Lipinski definition) is 0. The second-order valence-corrected chi connectivity index (χ2v) is 4.03. The van der Waals surface area contributed by atoms with Gasteiger partial charge in [-0.05, 0) is 24.2 Å². The number of hydrogen-bond acceptors (Lipinski definition) is 0. The lowest BCUT2D eigenvalue weighted by Gasteiger charge is -2.17. The zero-order chi connectivity index (χ0) is 10.3. The van der Waals surface area contributed by atoms with E-state index in [2.05, 4.69) is 32.9 Å². The van der Waals surface area contributed by atoms with Gasteiger partial charge >= 0.3 is 0 Å². The fourth-order valence-electron chi connectivity index (χ4n) is 2.01. The van der Waals surface area contributed by atoms with Gasteiger partial charge in [0, 0.05) is 0 Å². The van der Waals surface area contributed by atoms with Crippen molar-refractivity contribution in [2.75, 3.05) is 0 Å². The molecule has 0 radical (unpaired) electrons. The molecular formula is C13H26. The van der Waals surface area contributed by atoms with Gasteiger partial charge in [-0.25, -0.2) is 0 Å². The quantitative estimate of drug-likeness (QED) is 0.557. The summed E-state index contributed by atoms with van der Waals surface area (Å²) in [4.78, 5) is 0. The monoisotopic (exact) mass is 182 g/mol. The molecule has 1 aliphatic rings. The van der Waals surface area contributed by atoms with Crippen molar-refractivity contribution >= 4 is 0 Å². The van der Waals surface area contributed by atoms with Crippen molar-refractivity contribution in [1.29, 1.82) is 0 Å². The van der Waals surface area contributed by atoms with E-state index in [1.807, 2.05) is 13.8 Å². The highest BCUT2D eigenvalue weighted by atomic mass is 14.2. The molecule has 0 aromatic carbocycles. The van der Waals surface area contributed by atoms with E-state index in [0.717, 1.165) is 17.8 Å². The molecule has 0 aromatic rings. The zero-order valence-corrected chi connectivity index (χ0v) is 10.0. The molecule has 0 heteroatoms. The molecule has 3 unspecified atom stereocenters. The molecule has 3 atom stereocenters. The zero-order valence-electron chi connectivity index (χ0n) is 10.0. The summed E-state index contributed by atoms with van der Waals surface area (Å²) in [7, 11) is 0. The first-order chi connectivity index (χ1) is 6.24. The minimum atomic E-state index is 0.833. The van der Waals surface area contributed by atoms with E-state index in [-0.39, 0.29) is 0 Å². The summed E-state index contributed by atoms with van der Waals surface area (Å²) in [6, 6.07) is 0. The van der Waals surface area contributed by atoms with Gasteiger partial charge in [0.25, 0.3) is 0 Å². The van der Waals surface area contributed by atoms with Crippen LogP contribution < -0.4 is 0 Å². The second kappa shape index (κ2) is 7.17. The van der Waals surface area contributed by atoms with Crippen LogP contribution in [0.2, 0.25) is 0 Å². The van der Waals surface area contributed by atoms with Crippen LogP contribution in [-0.2, 0) is 0 Å². The van der Waals surface area contributed by atoms with Gasteiger partial charge in [0.15, 0.2) is 0 Å². The van der Waals surface area contributed by atoms with Crippen molar-refractivity contribution in [3.8, 4) is 0 Å². The summed E-state index contributed by atoms with van der Waals surface area (Å²) in [6.45, 7) is 11.0. The van der Waals surface area contributed by atoms with Crippen LogP contribution in [0.25, 0.3) is 0 Å². The topological polar surface area (TPSA) is 0 Å². The average Bonchev–Trinajstić information content (AvgIpc) is 2.56. The van der Waals surface area contributed by atoms with Crippen LogP contribution in [0.5, 0.6) is 0 Å². The summed E-state index contributed by atoms with van der Waals surface area (Å²) >= 11 is 0. The summed E-state index contributed by atoms with van der Waals surface area (Å²) in [5.41, 5.74) is 0. The van der Waals surface area contributed by atoms with Gasteiger partial charge in [-0.3, -0.25) is 0 Å². The van der Waals surface area contributed by atoms with E-state index < -0.39 is 0 Å². The Balaban J connectivity index is 0.000000671. The van der Waals surface area contributed by atoms with Crippen LogP contribution in [0.4, 0.5) is 0 Å². The van der Waals surface area contributed by atoms with E-state index in [0.29, 0.717) is 0 Å². The smallest absolute Gasteiger partial charge is 0.0202 e. The molecule has 0 bridgehead atoms. The fraction of sp³-hybridized carbons (Fsp3) is 0.846. The molecule has 0 amide bonds. The number of rotatable bonds is 3. The molecule has 0 aliphatic heterocycles. The first-order valence-corrected chi connectivity index (χ1v) is 5.92. The third-order valence-electron chi connectivity index (χ3n) is 2.81. The van der Waals surface area contributed by atoms with E-state index in [9.17, 15) is 0 Å². The maximum Gasteiger partial charge on any atom is -0.0202 e. The van der Waals surface area contributed by atoms with Crippen LogP contribution in [0.1, 0.15) is 53.9 Å². The summed E-state index contributed by atoms with van der Waals surface area (Å²) in [6.07, 6.45) is 8.91. The molecule has 0 N–H and O–H groups in total. The third-order valence-corrected chi connectivity index (χ3v) is 2.81. The average molecular weight is 182 g/mol. The van der Waals surface area contributed by atoms with Gasteiger partial charge in [0.1, 0.15) is 0 Å². The van der Waals surface area contributed by atoms with E-state index in [1.165, 1.54) is 19.3 Å². The molecule has 78 valence electrons. The molecule has 13 heavy (non-hydrogen) atoms. The molecule has 0 spiro atoms. The van der Waals surface area contributed by atoms with Gasteiger partial charge in [-0.2, -0.15) is 0 Å². The van der Waals surface area contributed by atoms with E-state index in [4.69, 9.17) is 0 Å². The van der Waals surface area contributed by atoms with Crippen molar-refractivity contribution in [2.45, 2.75) is 53.9 Å². The summed E-state index contributed by atoms with van der Waals surface area (Å²) in [5, 5.41) is 0. The molecule has 0 saturated heterocycles. The van der Waals surface area contributed by atoms with Crippen molar-refractivity contribution in [3.05, 3.63) is 12.2 Å². The van der Waals surface area contributed by atoms with E-state index >= 15 is 0 Å². The predicted octanol–water partition coefficient (Wildman–Crippen LogP) is 4.66. The standard InChI is InChI=1S/C11H20.C2H6/c1-4-5-10(3)11-7-6-9(2)8-11;1-2/h6-7,9-11H,4-5,8H2,1-3H3;1-2H3. The minimum absolute atomic E-state index is 0.833. The summed E-state index contributed by atoms with van der Waals surface area (Å²) < 4.78 is 0. The van der Waals surface area contributed by atoms with Gasteiger partial charge in [-0.1, -0.05) is 59.6 Å². The highest BCUT2D eigenvalue weighted by molar-refractivity contribution is 5.01. The minimum Gasteiger partial charge on any atom is -0.0854 e. The Labute approximate surface area is 84.4 Å². The van der Waals surface area contributed by atoms with Crippen LogP contribution in [0.15, 0.2) is 12.2 Å². The maximum atomic E-state index is 2.42. The van der Waals surface area contributed by atoms with Crippen LogP contribution >= 0.6 is 0 Å². The molecule has 1 aliphatic carbocycles. The molecular weight excluding hydrogens is 156 g/mol. The lowest BCUT2D eigenvalue weighted by atomic mass is 9.88. The van der Waals surface area contributed by atoms with Crippen LogP contribution in [-0.4, -0.2) is 0 Å². The Bertz CT molecular complexity index is 135. The Hall–Kier alpha value is -0.260. The Morgan fingerprint density at radius 2 is 1.92 bits per heavy atom. The van der Waals surface area contributed by atoms with E-state index in [1.54, 1.807) is 0 Å². The van der Waals surface area contributed by atoms with Crippen molar-refractivity contribution in [1.82, 2.24) is 0 Å². The fourth-order valence-corrected chi connectivity index (χ4v) is 2.01. The number of allylic oxidation sites excluding steroid dienone is 2. The van der Waals surface area contributed by atoms with Gasteiger partial charge in [0.2, 0.25) is 0 Å². The Morgan fingerprint density at radius 1 is 1.31 bits per heavy atom. The lowest BCUT2D eigenvalue weighted by molar-refractivity contribution is 0.371. The van der Waals surface area contributed by atoms with Crippen molar-refractivity contribution in [3.63, 3.8) is 0 Å². The molecule has 0 heterocycles. The molecule has 1 rings (SSSR count). The van der Waals surface area contributed by atoms with Crippen LogP contribution in [0.3, 0.4) is 0 Å².